The van der Waals surface area contributed by atoms with Crippen molar-refractivity contribution in [2.45, 2.75) is 24.9 Å². The Morgan fingerprint density at radius 2 is 1.38 bits per heavy atom. The van der Waals surface area contributed by atoms with E-state index in [0.717, 1.165) is 12.8 Å². The summed E-state index contributed by atoms with van der Waals surface area (Å²) >= 11 is 0. The van der Waals surface area contributed by atoms with Gasteiger partial charge in [0.25, 0.3) is 0 Å². The summed E-state index contributed by atoms with van der Waals surface area (Å²) in [5.74, 6) is 0. The number of rotatable bonds is 9. The zero-order valence-corrected chi connectivity index (χ0v) is 13.0. The topological polar surface area (TPSA) is 46.2 Å². The second-order valence-electron chi connectivity index (χ2n) is 3.28. The second-order valence-corrected chi connectivity index (χ2v) is 9.14. The van der Waals surface area contributed by atoms with Crippen LogP contribution >= 0.6 is 0 Å². The van der Waals surface area contributed by atoms with Crippen LogP contribution in [0.2, 0.25) is 5.16 Å². The molecule has 0 spiro atoms. The number of hydrogen-bond acceptors (Lipinski definition) is 5. The summed E-state index contributed by atoms with van der Waals surface area (Å²) in [7, 11) is 4.05. The van der Waals surface area contributed by atoms with Crippen LogP contribution in [-0.2, 0) is 22.1 Å². The molecule has 0 aliphatic rings. The first-order valence-electron chi connectivity index (χ1n) is 5.25. The Labute approximate surface area is 101 Å². The minimum absolute atomic E-state index is 0.0810. The van der Waals surface area contributed by atoms with Crippen LogP contribution in [0, 0.1) is 0 Å². The molecule has 1 unspecified atom stereocenters. The van der Waals surface area contributed by atoms with Gasteiger partial charge in [-0.05, 0) is 6.42 Å². The Morgan fingerprint density at radius 1 is 0.938 bits per heavy atom. The molecule has 0 aromatic carbocycles. The fourth-order valence-electron chi connectivity index (χ4n) is 1.77. The van der Waals surface area contributed by atoms with Crippen LogP contribution in [-0.4, -0.2) is 53.6 Å². The molecule has 16 heavy (non-hydrogen) atoms. The van der Waals surface area contributed by atoms with E-state index in [1.165, 1.54) is 0 Å². The van der Waals surface area contributed by atoms with Crippen molar-refractivity contribution >= 4 is 18.1 Å². The molecule has 0 aliphatic carbocycles. The summed E-state index contributed by atoms with van der Waals surface area (Å²) in [4.78, 5) is 0. The van der Waals surface area contributed by atoms with Crippen molar-refractivity contribution in [1.29, 1.82) is 0 Å². The van der Waals surface area contributed by atoms with Crippen LogP contribution in [0.25, 0.3) is 0 Å². The molecular formula is C9H23O5Si2. The summed E-state index contributed by atoms with van der Waals surface area (Å²) in [5, 5.41) is 0.0810. The van der Waals surface area contributed by atoms with Gasteiger partial charge < -0.3 is 22.1 Å². The molecule has 0 aliphatic heterocycles. The van der Waals surface area contributed by atoms with Gasteiger partial charge in [0.15, 0.2) is 0 Å². The van der Waals surface area contributed by atoms with E-state index in [1.807, 2.05) is 0 Å². The van der Waals surface area contributed by atoms with E-state index in [4.69, 9.17) is 22.1 Å². The molecule has 0 rings (SSSR count). The lowest BCUT2D eigenvalue weighted by Crippen LogP contribution is -2.54. The summed E-state index contributed by atoms with van der Waals surface area (Å²) in [6.07, 6.45) is 1.92. The van der Waals surface area contributed by atoms with Gasteiger partial charge in [-0.1, -0.05) is 13.3 Å². The Hall–Kier alpha value is 0.234. The molecule has 0 N–H and O–H groups in total. The predicted molar refractivity (Wildman–Crippen MR) is 65.2 cm³/mol. The quantitative estimate of drug-likeness (QED) is 0.590. The third kappa shape index (κ3) is 3.62. The molecule has 1 radical (unpaired) electrons. The number of hydrogen-bond donors (Lipinski definition) is 0. The van der Waals surface area contributed by atoms with E-state index in [2.05, 4.69) is 6.92 Å². The van der Waals surface area contributed by atoms with Crippen LogP contribution in [0.4, 0.5) is 0 Å². The fourth-order valence-corrected chi connectivity index (χ4v) is 7.95. The average molecular weight is 267 g/mol. The molecule has 0 aromatic heterocycles. The standard InChI is InChI=1S/C9H23O5Si2/c1-7-8-9(15(10-2)11-3)16(12-4,13-5)14-6/h9H,7-8H2,1-6H3. The molecule has 97 valence electrons. The molecule has 0 heterocycles. The third-order valence-corrected chi connectivity index (χ3v) is 8.82. The first-order valence-corrected chi connectivity index (χ1v) is 8.45. The lowest BCUT2D eigenvalue weighted by molar-refractivity contribution is 0.111. The van der Waals surface area contributed by atoms with Gasteiger partial charge in [-0.2, -0.15) is 0 Å². The van der Waals surface area contributed by atoms with E-state index in [1.54, 1.807) is 35.5 Å². The maximum atomic E-state index is 5.50. The van der Waals surface area contributed by atoms with Gasteiger partial charge in [-0.15, -0.1) is 0 Å². The Kier molecular flexibility index (Phi) is 8.46. The summed E-state index contributed by atoms with van der Waals surface area (Å²) < 4.78 is 27.3. The van der Waals surface area contributed by atoms with E-state index in [-0.39, 0.29) is 5.16 Å². The zero-order valence-electron chi connectivity index (χ0n) is 11.0. The highest BCUT2D eigenvalue weighted by Gasteiger charge is 2.53. The zero-order chi connectivity index (χ0) is 12.6. The molecule has 5 nitrogen and oxygen atoms in total. The van der Waals surface area contributed by atoms with E-state index in [0.29, 0.717) is 0 Å². The Balaban J connectivity index is 4.95. The van der Waals surface area contributed by atoms with Gasteiger partial charge in [0, 0.05) is 35.5 Å². The van der Waals surface area contributed by atoms with Crippen LogP contribution in [0.1, 0.15) is 19.8 Å². The van der Waals surface area contributed by atoms with Crippen molar-refractivity contribution in [2.24, 2.45) is 0 Å². The van der Waals surface area contributed by atoms with Crippen molar-refractivity contribution in [2.75, 3.05) is 35.5 Å². The van der Waals surface area contributed by atoms with E-state index in [9.17, 15) is 0 Å². The first-order chi connectivity index (χ1) is 7.65. The van der Waals surface area contributed by atoms with E-state index >= 15 is 0 Å². The van der Waals surface area contributed by atoms with Crippen LogP contribution in [0.3, 0.4) is 0 Å². The molecule has 0 saturated carbocycles. The molecule has 1 atom stereocenters. The minimum Gasteiger partial charge on any atom is -0.397 e. The second kappa shape index (κ2) is 8.34. The maximum absolute atomic E-state index is 5.50. The molecule has 0 fully saturated rings. The Bertz CT molecular complexity index is 165. The summed E-state index contributed by atoms with van der Waals surface area (Å²) in [6, 6.07) is 0. The van der Waals surface area contributed by atoms with Crippen LogP contribution < -0.4 is 0 Å². The highest BCUT2D eigenvalue weighted by molar-refractivity contribution is 6.76. The van der Waals surface area contributed by atoms with Crippen LogP contribution in [0.15, 0.2) is 0 Å². The largest absolute Gasteiger partial charge is 0.505 e. The minimum atomic E-state index is -2.68. The molecule has 0 aromatic rings. The normalized spacial score (nSPS) is 14.4. The predicted octanol–water partition coefficient (Wildman–Crippen LogP) is 1.35. The smallest absolute Gasteiger partial charge is 0.397 e. The monoisotopic (exact) mass is 267 g/mol. The van der Waals surface area contributed by atoms with Crippen molar-refractivity contribution in [3.63, 3.8) is 0 Å². The molecule has 0 bridgehead atoms. The van der Waals surface area contributed by atoms with E-state index < -0.39 is 18.1 Å². The van der Waals surface area contributed by atoms with Crippen LogP contribution in [0.5, 0.6) is 0 Å². The SMILES string of the molecule is CCCC([Si](OC)OC)[Si](OC)(OC)OC. The van der Waals surface area contributed by atoms with Gasteiger partial charge in [-0.3, -0.25) is 0 Å². The Morgan fingerprint density at radius 3 is 1.62 bits per heavy atom. The molecular weight excluding hydrogens is 244 g/mol. The van der Waals surface area contributed by atoms with Gasteiger partial charge in [-0.25, -0.2) is 0 Å². The molecule has 0 amide bonds. The van der Waals surface area contributed by atoms with Gasteiger partial charge in [0.2, 0.25) is 0 Å². The fraction of sp³-hybridized carbons (Fsp3) is 1.00. The van der Waals surface area contributed by atoms with Gasteiger partial charge in [0.05, 0.1) is 5.16 Å². The van der Waals surface area contributed by atoms with Gasteiger partial charge in [0.1, 0.15) is 0 Å². The average Bonchev–Trinajstić information content (AvgIpc) is 2.33. The van der Waals surface area contributed by atoms with Crippen molar-refractivity contribution < 1.29 is 22.1 Å². The highest BCUT2D eigenvalue weighted by atomic mass is 28.4. The first kappa shape index (κ1) is 16.2. The summed E-state index contributed by atoms with van der Waals surface area (Å²) in [6.45, 7) is 2.11. The maximum Gasteiger partial charge on any atom is 0.505 e. The van der Waals surface area contributed by atoms with Crippen molar-refractivity contribution in [1.82, 2.24) is 0 Å². The lowest BCUT2D eigenvalue weighted by Gasteiger charge is -2.33. The van der Waals surface area contributed by atoms with Crippen molar-refractivity contribution in [3.8, 4) is 0 Å². The third-order valence-electron chi connectivity index (χ3n) is 2.54. The van der Waals surface area contributed by atoms with Crippen molar-refractivity contribution in [3.05, 3.63) is 0 Å². The molecule has 0 saturated heterocycles. The highest BCUT2D eigenvalue weighted by Crippen LogP contribution is 2.31. The summed E-state index contributed by atoms with van der Waals surface area (Å²) in [5.41, 5.74) is 0. The van der Waals surface area contributed by atoms with Gasteiger partial charge >= 0.3 is 18.1 Å². The molecule has 7 heteroatoms. The lowest BCUT2D eigenvalue weighted by atomic mass is 10.4.